The highest BCUT2D eigenvalue weighted by atomic mass is 16.3. The molecule has 2 fully saturated rings. The molecule has 2 amide bonds. The summed E-state index contributed by atoms with van der Waals surface area (Å²) < 4.78 is 5.66. The minimum Gasteiger partial charge on any atom is -0.464 e. The minimum atomic E-state index is -0.137. The zero-order valence-corrected chi connectivity index (χ0v) is 17.0. The molecule has 1 aliphatic heterocycles. The lowest BCUT2D eigenvalue weighted by atomic mass is 10.0. The number of piperazine rings is 1. The molecule has 1 aliphatic carbocycles. The maximum Gasteiger partial charge on any atom is 0.237 e. The summed E-state index contributed by atoms with van der Waals surface area (Å²) in [6, 6.07) is 4.39. The lowest BCUT2D eigenvalue weighted by molar-refractivity contribution is -0.133. The van der Waals surface area contributed by atoms with E-state index in [9.17, 15) is 9.59 Å². The SMILES string of the molecule is Cc1cc2occ(CC(=O)N3CCN(C(C)C(=O)NC4CC4)CC3)c2cc1C. The van der Waals surface area contributed by atoms with E-state index in [4.69, 9.17) is 4.42 Å². The molecule has 6 nitrogen and oxygen atoms in total. The van der Waals surface area contributed by atoms with E-state index in [1.54, 1.807) is 6.26 Å². The van der Waals surface area contributed by atoms with Gasteiger partial charge in [-0.25, -0.2) is 0 Å². The minimum absolute atomic E-state index is 0.109. The van der Waals surface area contributed by atoms with Gasteiger partial charge in [0.15, 0.2) is 0 Å². The smallest absolute Gasteiger partial charge is 0.237 e. The van der Waals surface area contributed by atoms with Gasteiger partial charge in [-0.1, -0.05) is 0 Å². The van der Waals surface area contributed by atoms with E-state index in [0.717, 1.165) is 42.5 Å². The first-order valence-electron chi connectivity index (χ1n) is 10.2. The van der Waals surface area contributed by atoms with Crippen LogP contribution >= 0.6 is 0 Å². The first-order valence-corrected chi connectivity index (χ1v) is 10.2. The number of carbonyl (C=O) groups excluding carboxylic acids is 2. The van der Waals surface area contributed by atoms with Crippen LogP contribution in [0.5, 0.6) is 0 Å². The fraction of sp³-hybridized carbons (Fsp3) is 0.545. The van der Waals surface area contributed by atoms with Gasteiger partial charge in [-0.15, -0.1) is 0 Å². The van der Waals surface area contributed by atoms with Crippen LogP contribution in [0.2, 0.25) is 0 Å². The monoisotopic (exact) mass is 383 g/mol. The third-order valence-electron chi connectivity index (χ3n) is 6.13. The Hall–Kier alpha value is -2.34. The van der Waals surface area contributed by atoms with Crippen LogP contribution in [0.3, 0.4) is 0 Å². The topological polar surface area (TPSA) is 65.8 Å². The van der Waals surface area contributed by atoms with Crippen LogP contribution < -0.4 is 5.32 Å². The third kappa shape index (κ3) is 3.92. The third-order valence-corrected chi connectivity index (χ3v) is 6.13. The van der Waals surface area contributed by atoms with Crippen molar-refractivity contribution >= 4 is 22.8 Å². The van der Waals surface area contributed by atoms with Crippen LogP contribution in [-0.4, -0.2) is 59.9 Å². The predicted molar refractivity (Wildman–Crippen MR) is 108 cm³/mol. The molecule has 0 bridgehead atoms. The van der Waals surface area contributed by atoms with Crippen LogP contribution in [0.15, 0.2) is 22.8 Å². The number of amides is 2. The van der Waals surface area contributed by atoms with Gasteiger partial charge in [0.05, 0.1) is 18.7 Å². The lowest BCUT2D eigenvalue weighted by Gasteiger charge is -2.37. The van der Waals surface area contributed by atoms with Crippen molar-refractivity contribution in [1.29, 1.82) is 0 Å². The molecule has 1 saturated carbocycles. The summed E-state index contributed by atoms with van der Waals surface area (Å²) in [5.41, 5.74) is 4.18. The average Bonchev–Trinajstić information content (AvgIpc) is 3.43. The molecule has 0 radical (unpaired) electrons. The van der Waals surface area contributed by atoms with Gasteiger partial charge in [0.1, 0.15) is 5.58 Å². The van der Waals surface area contributed by atoms with E-state index >= 15 is 0 Å². The fourth-order valence-corrected chi connectivity index (χ4v) is 3.82. The molecule has 1 aromatic carbocycles. The van der Waals surface area contributed by atoms with Crippen LogP contribution in [-0.2, 0) is 16.0 Å². The first kappa shape index (κ1) is 19.0. The van der Waals surface area contributed by atoms with Crippen molar-refractivity contribution in [2.24, 2.45) is 0 Å². The highest BCUT2D eigenvalue weighted by molar-refractivity contribution is 5.88. The predicted octanol–water partition coefficient (Wildman–Crippen LogP) is 2.40. The van der Waals surface area contributed by atoms with Crippen molar-refractivity contribution in [3.63, 3.8) is 0 Å². The summed E-state index contributed by atoms with van der Waals surface area (Å²) in [5.74, 6) is 0.230. The number of fused-ring (bicyclic) bond motifs is 1. The van der Waals surface area contributed by atoms with Crippen molar-refractivity contribution in [3.8, 4) is 0 Å². The number of hydrogen-bond acceptors (Lipinski definition) is 4. The zero-order valence-electron chi connectivity index (χ0n) is 17.0. The van der Waals surface area contributed by atoms with Gasteiger partial charge >= 0.3 is 0 Å². The van der Waals surface area contributed by atoms with Crippen molar-refractivity contribution in [2.75, 3.05) is 26.2 Å². The summed E-state index contributed by atoms with van der Waals surface area (Å²) in [6.45, 7) is 8.88. The maximum atomic E-state index is 12.8. The molecular weight excluding hydrogens is 354 g/mol. The molecule has 150 valence electrons. The van der Waals surface area contributed by atoms with E-state index in [-0.39, 0.29) is 17.9 Å². The van der Waals surface area contributed by atoms with E-state index in [0.29, 0.717) is 25.6 Å². The molecule has 2 aliphatic rings. The van der Waals surface area contributed by atoms with Crippen molar-refractivity contribution < 1.29 is 14.0 Å². The van der Waals surface area contributed by atoms with Gasteiger partial charge < -0.3 is 14.6 Å². The van der Waals surface area contributed by atoms with E-state index in [1.165, 1.54) is 11.1 Å². The Kier molecular flexibility index (Phi) is 5.15. The Labute approximate surface area is 165 Å². The van der Waals surface area contributed by atoms with E-state index in [1.807, 2.05) is 17.9 Å². The quantitative estimate of drug-likeness (QED) is 0.861. The van der Waals surface area contributed by atoms with Gasteiger partial charge in [-0.05, 0) is 56.9 Å². The van der Waals surface area contributed by atoms with Gasteiger partial charge in [-0.3, -0.25) is 14.5 Å². The summed E-state index contributed by atoms with van der Waals surface area (Å²) in [7, 11) is 0. The zero-order chi connectivity index (χ0) is 19.8. The Morgan fingerprint density at radius 2 is 1.82 bits per heavy atom. The number of rotatable bonds is 5. The number of nitrogens with zero attached hydrogens (tertiary/aromatic N) is 2. The molecule has 0 spiro atoms. The number of benzene rings is 1. The van der Waals surface area contributed by atoms with E-state index in [2.05, 4.69) is 30.1 Å². The van der Waals surface area contributed by atoms with Crippen molar-refractivity contribution in [2.45, 2.75) is 52.1 Å². The van der Waals surface area contributed by atoms with E-state index < -0.39 is 0 Å². The number of aryl methyl sites for hydroxylation is 2. The van der Waals surface area contributed by atoms with Gasteiger partial charge in [0, 0.05) is 43.2 Å². The molecule has 1 saturated heterocycles. The lowest BCUT2D eigenvalue weighted by Crippen LogP contribution is -2.55. The Morgan fingerprint density at radius 1 is 1.14 bits per heavy atom. The summed E-state index contributed by atoms with van der Waals surface area (Å²) in [6.07, 6.45) is 4.26. The molecule has 2 aromatic rings. The van der Waals surface area contributed by atoms with Gasteiger partial charge in [0.2, 0.25) is 11.8 Å². The first-order chi connectivity index (χ1) is 13.4. The highest BCUT2D eigenvalue weighted by Crippen LogP contribution is 2.25. The average molecular weight is 383 g/mol. The number of carbonyl (C=O) groups is 2. The van der Waals surface area contributed by atoms with Crippen molar-refractivity contribution in [1.82, 2.24) is 15.1 Å². The largest absolute Gasteiger partial charge is 0.464 e. The molecule has 6 heteroatoms. The molecule has 1 unspecified atom stereocenters. The number of nitrogens with one attached hydrogen (secondary N) is 1. The molecule has 28 heavy (non-hydrogen) atoms. The fourth-order valence-electron chi connectivity index (χ4n) is 3.82. The maximum absolute atomic E-state index is 12.8. The van der Waals surface area contributed by atoms with Crippen molar-refractivity contribution in [3.05, 3.63) is 35.1 Å². The van der Waals surface area contributed by atoms with Crippen LogP contribution in [0.25, 0.3) is 11.0 Å². The second-order valence-corrected chi connectivity index (χ2v) is 8.25. The molecule has 2 heterocycles. The molecule has 1 atom stereocenters. The van der Waals surface area contributed by atoms with Crippen LogP contribution in [0, 0.1) is 13.8 Å². The number of furan rings is 1. The van der Waals surface area contributed by atoms with Gasteiger partial charge in [-0.2, -0.15) is 0 Å². The second-order valence-electron chi connectivity index (χ2n) is 8.25. The Bertz CT molecular complexity index is 892. The molecular formula is C22H29N3O3. The Morgan fingerprint density at radius 3 is 2.50 bits per heavy atom. The molecule has 1 N–H and O–H groups in total. The standard InChI is InChI=1S/C22H29N3O3/c1-14-10-19-17(13-28-20(19)11-15(14)2)12-21(26)25-8-6-24(7-9-25)16(3)22(27)23-18-4-5-18/h10-11,13,16,18H,4-9,12H2,1-3H3,(H,23,27). The normalized spacial score (nSPS) is 19.0. The summed E-state index contributed by atoms with van der Waals surface area (Å²) in [5, 5.41) is 4.10. The summed E-state index contributed by atoms with van der Waals surface area (Å²) >= 11 is 0. The summed E-state index contributed by atoms with van der Waals surface area (Å²) in [4.78, 5) is 29.1. The van der Waals surface area contributed by atoms with Gasteiger partial charge in [0.25, 0.3) is 0 Å². The van der Waals surface area contributed by atoms with Crippen LogP contribution in [0.4, 0.5) is 0 Å². The van der Waals surface area contributed by atoms with Crippen LogP contribution in [0.1, 0.15) is 36.5 Å². The highest BCUT2D eigenvalue weighted by Gasteiger charge is 2.31. The number of hydrogen-bond donors (Lipinski definition) is 1. The Balaban J connectivity index is 1.34. The molecule has 4 rings (SSSR count). The second kappa shape index (κ2) is 7.59. The molecule has 1 aromatic heterocycles.